The van der Waals surface area contributed by atoms with Crippen LogP contribution in [-0.4, -0.2) is 12.0 Å². The van der Waals surface area contributed by atoms with Crippen LogP contribution in [0.15, 0.2) is 42.5 Å². The zero-order valence-electron chi connectivity index (χ0n) is 12.4. The molecule has 3 nitrogen and oxygen atoms in total. The number of hydrogen-bond acceptors (Lipinski definition) is 2. The van der Waals surface area contributed by atoms with Crippen LogP contribution in [0.5, 0.6) is 5.75 Å². The fraction of sp³-hybridized carbons (Fsp3) is 0.235. The number of ether oxygens (including phenoxy) is 1. The molecule has 0 spiro atoms. The highest BCUT2D eigenvalue weighted by Gasteiger charge is 2.20. The van der Waals surface area contributed by atoms with E-state index < -0.39 is 11.9 Å². The first kappa shape index (κ1) is 16.3. The first-order valence-corrected chi connectivity index (χ1v) is 7.37. The molecule has 0 aliphatic heterocycles. The number of hydrogen-bond donors (Lipinski definition) is 1. The minimum absolute atomic E-state index is 0.0670. The first-order valence-electron chi connectivity index (χ1n) is 6.99. The molecule has 0 radical (unpaired) electrons. The average molecular weight is 322 g/mol. The Bertz CT molecular complexity index is 675. The molecule has 1 N–H and O–H groups in total. The molecule has 0 aliphatic rings. The van der Waals surface area contributed by atoms with Gasteiger partial charge in [0.1, 0.15) is 0 Å². The van der Waals surface area contributed by atoms with E-state index in [1.807, 2.05) is 6.92 Å². The molecule has 1 atom stereocenters. The van der Waals surface area contributed by atoms with Crippen molar-refractivity contribution in [1.82, 2.24) is 0 Å². The molecule has 2 aromatic rings. The molecule has 0 saturated carbocycles. The van der Waals surface area contributed by atoms with Gasteiger partial charge in [-0.1, -0.05) is 30.7 Å². The largest absolute Gasteiger partial charge is 0.478 e. The lowest BCUT2D eigenvalue weighted by atomic mass is 10.2. The third kappa shape index (κ3) is 3.98. The Morgan fingerprint density at radius 1 is 1.32 bits per heavy atom. The molecule has 0 bridgehead atoms. The molecule has 116 valence electrons. The Labute approximate surface area is 134 Å². The van der Waals surface area contributed by atoms with Gasteiger partial charge in [0.25, 0.3) is 5.91 Å². The van der Waals surface area contributed by atoms with Crippen LogP contribution >= 0.6 is 11.6 Å². The third-order valence-electron chi connectivity index (χ3n) is 3.22. The number of amides is 1. The van der Waals surface area contributed by atoms with Gasteiger partial charge in [-0.15, -0.1) is 0 Å². The molecule has 1 unspecified atom stereocenters. The fourth-order valence-corrected chi connectivity index (χ4v) is 2.22. The maximum absolute atomic E-state index is 13.6. The second kappa shape index (κ2) is 7.27. The van der Waals surface area contributed by atoms with Crippen LogP contribution in [0.2, 0.25) is 5.02 Å². The van der Waals surface area contributed by atoms with Crippen molar-refractivity contribution >= 4 is 23.2 Å². The van der Waals surface area contributed by atoms with E-state index in [2.05, 4.69) is 5.32 Å². The molecule has 0 saturated heterocycles. The third-order valence-corrected chi connectivity index (χ3v) is 3.45. The van der Waals surface area contributed by atoms with Crippen LogP contribution in [0.25, 0.3) is 0 Å². The van der Waals surface area contributed by atoms with E-state index >= 15 is 0 Å². The van der Waals surface area contributed by atoms with Crippen LogP contribution in [0.1, 0.15) is 18.9 Å². The average Bonchev–Trinajstić information content (AvgIpc) is 2.49. The molecule has 2 rings (SSSR count). The smallest absolute Gasteiger partial charge is 0.265 e. The highest BCUT2D eigenvalue weighted by atomic mass is 35.5. The lowest BCUT2D eigenvalue weighted by Crippen LogP contribution is -2.32. The van der Waals surface area contributed by atoms with Crippen LogP contribution in [0.3, 0.4) is 0 Å². The van der Waals surface area contributed by atoms with Gasteiger partial charge in [0.05, 0.1) is 0 Å². The van der Waals surface area contributed by atoms with Crippen molar-refractivity contribution in [3.05, 3.63) is 58.9 Å². The summed E-state index contributed by atoms with van der Waals surface area (Å²) in [5, 5.41) is 3.39. The number of halogens is 2. The fourth-order valence-electron chi connectivity index (χ4n) is 2.00. The van der Waals surface area contributed by atoms with Crippen LogP contribution in [-0.2, 0) is 4.79 Å². The standard InChI is InChI=1S/C17H17ClFNO2/c1-3-15(22-16-7-5-4-6-13(16)19)17(21)20-14-9-8-12(18)10-11(14)2/h4-10,15H,3H2,1-2H3,(H,20,21). The number of para-hydroxylation sites is 1. The zero-order chi connectivity index (χ0) is 16.1. The first-order chi connectivity index (χ1) is 10.5. The predicted octanol–water partition coefficient (Wildman–Crippen LogP) is 4.58. The summed E-state index contributed by atoms with van der Waals surface area (Å²) >= 11 is 5.89. The molecule has 0 aromatic heterocycles. The Kier molecular flexibility index (Phi) is 5.39. The number of benzene rings is 2. The van der Waals surface area contributed by atoms with E-state index in [1.54, 1.807) is 37.3 Å². The minimum Gasteiger partial charge on any atom is -0.478 e. The van der Waals surface area contributed by atoms with Crippen molar-refractivity contribution in [2.45, 2.75) is 26.4 Å². The minimum atomic E-state index is -0.771. The SMILES string of the molecule is CCC(Oc1ccccc1F)C(=O)Nc1ccc(Cl)cc1C. The lowest BCUT2D eigenvalue weighted by molar-refractivity contribution is -0.122. The zero-order valence-corrected chi connectivity index (χ0v) is 13.2. The summed E-state index contributed by atoms with van der Waals surface area (Å²) in [6.07, 6.45) is -0.348. The van der Waals surface area contributed by atoms with Crippen molar-refractivity contribution in [3.8, 4) is 5.75 Å². The number of anilines is 1. The maximum atomic E-state index is 13.6. The Morgan fingerprint density at radius 2 is 2.05 bits per heavy atom. The van der Waals surface area contributed by atoms with Gasteiger partial charge in [-0.05, 0) is 49.2 Å². The number of aryl methyl sites for hydroxylation is 1. The Balaban J connectivity index is 2.10. The summed E-state index contributed by atoms with van der Waals surface area (Å²) in [4.78, 5) is 12.3. The summed E-state index contributed by atoms with van der Waals surface area (Å²) in [7, 11) is 0. The van der Waals surface area contributed by atoms with Gasteiger partial charge in [-0.25, -0.2) is 4.39 Å². The monoisotopic (exact) mass is 321 g/mol. The highest BCUT2D eigenvalue weighted by Crippen LogP contribution is 2.22. The molecular weight excluding hydrogens is 305 g/mol. The van der Waals surface area contributed by atoms with Gasteiger partial charge in [-0.2, -0.15) is 0 Å². The van der Waals surface area contributed by atoms with E-state index in [1.165, 1.54) is 12.1 Å². The van der Waals surface area contributed by atoms with E-state index in [9.17, 15) is 9.18 Å². The number of carbonyl (C=O) groups is 1. The van der Waals surface area contributed by atoms with Crippen molar-refractivity contribution in [1.29, 1.82) is 0 Å². The number of carbonyl (C=O) groups excluding carboxylic acids is 1. The molecule has 0 heterocycles. The summed E-state index contributed by atoms with van der Waals surface area (Å²) in [5.41, 5.74) is 1.51. The van der Waals surface area contributed by atoms with Crippen molar-refractivity contribution < 1.29 is 13.9 Å². The Morgan fingerprint density at radius 3 is 2.68 bits per heavy atom. The normalized spacial score (nSPS) is 11.8. The quantitative estimate of drug-likeness (QED) is 0.875. The van der Waals surface area contributed by atoms with E-state index in [-0.39, 0.29) is 11.7 Å². The topological polar surface area (TPSA) is 38.3 Å². The van der Waals surface area contributed by atoms with Gasteiger partial charge in [0.2, 0.25) is 0 Å². The molecule has 0 aliphatic carbocycles. The summed E-state index contributed by atoms with van der Waals surface area (Å²) < 4.78 is 19.1. The van der Waals surface area contributed by atoms with Gasteiger partial charge < -0.3 is 10.1 Å². The predicted molar refractivity (Wildman–Crippen MR) is 85.9 cm³/mol. The van der Waals surface area contributed by atoms with Gasteiger partial charge in [0, 0.05) is 10.7 Å². The van der Waals surface area contributed by atoms with Crippen molar-refractivity contribution in [2.24, 2.45) is 0 Å². The molecule has 22 heavy (non-hydrogen) atoms. The van der Waals surface area contributed by atoms with Crippen LogP contribution in [0.4, 0.5) is 10.1 Å². The maximum Gasteiger partial charge on any atom is 0.265 e. The van der Waals surface area contributed by atoms with Crippen molar-refractivity contribution in [3.63, 3.8) is 0 Å². The summed E-state index contributed by atoms with van der Waals surface area (Å²) in [6, 6.07) is 11.2. The second-order valence-electron chi connectivity index (χ2n) is 4.89. The lowest BCUT2D eigenvalue weighted by Gasteiger charge is -2.18. The number of rotatable bonds is 5. The highest BCUT2D eigenvalue weighted by molar-refractivity contribution is 6.30. The summed E-state index contributed by atoms with van der Waals surface area (Å²) in [6.45, 7) is 3.65. The van der Waals surface area contributed by atoms with Gasteiger partial charge >= 0.3 is 0 Å². The van der Waals surface area contributed by atoms with Crippen LogP contribution < -0.4 is 10.1 Å². The number of nitrogens with one attached hydrogen (secondary N) is 1. The van der Waals surface area contributed by atoms with Gasteiger partial charge in [-0.3, -0.25) is 4.79 Å². The molecule has 1 amide bonds. The van der Waals surface area contributed by atoms with E-state index in [0.29, 0.717) is 17.1 Å². The second-order valence-corrected chi connectivity index (χ2v) is 5.33. The molecule has 0 fully saturated rings. The summed E-state index contributed by atoms with van der Waals surface area (Å²) in [5.74, 6) is -0.745. The van der Waals surface area contributed by atoms with E-state index in [4.69, 9.17) is 16.3 Å². The molecular formula is C17H17ClFNO2. The van der Waals surface area contributed by atoms with Crippen LogP contribution in [0, 0.1) is 12.7 Å². The van der Waals surface area contributed by atoms with Gasteiger partial charge in [0.15, 0.2) is 17.7 Å². The van der Waals surface area contributed by atoms with Crippen molar-refractivity contribution in [2.75, 3.05) is 5.32 Å². The Hall–Kier alpha value is -2.07. The molecule has 5 heteroatoms. The van der Waals surface area contributed by atoms with E-state index in [0.717, 1.165) is 5.56 Å². The molecule has 2 aromatic carbocycles.